The van der Waals surface area contributed by atoms with Gasteiger partial charge in [-0.1, -0.05) is 30.3 Å². The van der Waals surface area contributed by atoms with Crippen molar-refractivity contribution >= 4 is 17.1 Å². The molecular formula is C25H25N3O4. The number of hydrogen-bond acceptors (Lipinski definition) is 6. The first-order chi connectivity index (χ1) is 15.5. The topological polar surface area (TPSA) is 86.3 Å². The van der Waals surface area contributed by atoms with Gasteiger partial charge in [0.05, 0.1) is 23.8 Å². The van der Waals surface area contributed by atoms with Gasteiger partial charge in [0.1, 0.15) is 29.4 Å². The third kappa shape index (κ3) is 4.88. The van der Waals surface area contributed by atoms with Crippen LogP contribution in [0, 0.1) is 0 Å². The number of benzene rings is 2. The lowest BCUT2D eigenvalue weighted by Gasteiger charge is -2.15. The summed E-state index contributed by atoms with van der Waals surface area (Å²) in [4.78, 5) is 24.2. The van der Waals surface area contributed by atoms with Gasteiger partial charge in [-0.25, -0.2) is 14.8 Å². The van der Waals surface area contributed by atoms with E-state index in [0.29, 0.717) is 47.3 Å². The van der Waals surface area contributed by atoms with Crippen LogP contribution in [0.2, 0.25) is 0 Å². The average Bonchev–Trinajstić information content (AvgIpc) is 3.21. The van der Waals surface area contributed by atoms with E-state index in [1.54, 1.807) is 13.0 Å². The van der Waals surface area contributed by atoms with Crippen molar-refractivity contribution in [1.29, 1.82) is 0 Å². The first-order valence-electron chi connectivity index (χ1n) is 10.5. The molecule has 7 nitrogen and oxygen atoms in total. The normalized spacial score (nSPS) is 11.0. The number of fused-ring (bicyclic) bond motifs is 1. The molecule has 0 aliphatic rings. The van der Waals surface area contributed by atoms with Crippen molar-refractivity contribution in [3.63, 3.8) is 0 Å². The van der Waals surface area contributed by atoms with Gasteiger partial charge in [0.25, 0.3) is 0 Å². The van der Waals surface area contributed by atoms with Crippen LogP contribution in [0.4, 0.5) is 0 Å². The summed E-state index contributed by atoms with van der Waals surface area (Å²) in [5.74, 6) is 1.52. The predicted octanol–water partition coefficient (Wildman–Crippen LogP) is 5.17. The van der Waals surface area contributed by atoms with Gasteiger partial charge in [0.2, 0.25) is 0 Å². The van der Waals surface area contributed by atoms with Crippen molar-refractivity contribution < 1.29 is 19.0 Å². The molecule has 0 radical (unpaired) electrons. The van der Waals surface area contributed by atoms with Gasteiger partial charge in [-0.15, -0.1) is 0 Å². The third-order valence-corrected chi connectivity index (χ3v) is 4.67. The minimum Gasteiger partial charge on any atom is -0.490 e. The van der Waals surface area contributed by atoms with Crippen molar-refractivity contribution in [2.45, 2.75) is 33.5 Å². The lowest BCUT2D eigenvalue weighted by Crippen LogP contribution is -2.07. The molecule has 0 aliphatic heterocycles. The maximum atomic E-state index is 12.0. The fourth-order valence-electron chi connectivity index (χ4n) is 3.23. The summed E-state index contributed by atoms with van der Waals surface area (Å²) < 4.78 is 17.1. The molecule has 164 valence electrons. The van der Waals surface area contributed by atoms with Crippen LogP contribution in [-0.4, -0.2) is 33.6 Å². The third-order valence-electron chi connectivity index (χ3n) is 4.67. The molecular weight excluding hydrogens is 406 g/mol. The highest BCUT2D eigenvalue weighted by molar-refractivity contribution is 5.92. The molecule has 0 bridgehead atoms. The van der Waals surface area contributed by atoms with Gasteiger partial charge >= 0.3 is 5.97 Å². The number of carbonyl (C=O) groups excluding carboxylic acids is 1. The molecule has 4 aromatic rings. The number of imidazole rings is 1. The zero-order chi connectivity index (χ0) is 22.5. The van der Waals surface area contributed by atoms with E-state index in [0.717, 1.165) is 11.1 Å². The second-order valence-electron chi connectivity index (χ2n) is 7.50. The number of rotatable bonds is 8. The van der Waals surface area contributed by atoms with Crippen LogP contribution in [-0.2, 0) is 11.3 Å². The zero-order valence-electron chi connectivity index (χ0n) is 18.3. The van der Waals surface area contributed by atoms with E-state index in [4.69, 9.17) is 14.2 Å². The van der Waals surface area contributed by atoms with E-state index >= 15 is 0 Å². The van der Waals surface area contributed by atoms with Crippen LogP contribution < -0.4 is 9.47 Å². The first-order valence-corrected chi connectivity index (χ1v) is 10.5. The standard InChI is InChI=1S/C25H25N3O4/c1-4-30-25(29)18-12-21-24(26-14-18)28-23(27-21)20-11-10-19(13-22(20)32-16(2)3)31-15-17-8-6-5-7-9-17/h5-14,16H,4,15H2,1-3H3,(H,26,27,28). The molecule has 2 heterocycles. The molecule has 0 aliphatic carbocycles. The summed E-state index contributed by atoms with van der Waals surface area (Å²) in [6.07, 6.45) is 1.45. The van der Waals surface area contributed by atoms with Crippen LogP contribution in [0.1, 0.15) is 36.7 Å². The number of esters is 1. The highest BCUT2D eigenvalue weighted by atomic mass is 16.5. The number of nitrogens with one attached hydrogen (secondary N) is 1. The summed E-state index contributed by atoms with van der Waals surface area (Å²) in [7, 11) is 0. The first kappa shape index (κ1) is 21.4. The van der Waals surface area contributed by atoms with Gasteiger partial charge in [-0.2, -0.15) is 0 Å². The minimum atomic E-state index is -0.421. The molecule has 32 heavy (non-hydrogen) atoms. The van der Waals surface area contributed by atoms with Crippen LogP contribution >= 0.6 is 0 Å². The molecule has 0 unspecified atom stereocenters. The summed E-state index contributed by atoms with van der Waals surface area (Å²) in [6.45, 7) is 6.46. The van der Waals surface area contributed by atoms with Crippen LogP contribution in [0.3, 0.4) is 0 Å². The molecule has 2 aromatic heterocycles. The van der Waals surface area contributed by atoms with Crippen molar-refractivity contribution in [3.8, 4) is 22.9 Å². The van der Waals surface area contributed by atoms with Crippen LogP contribution in [0.15, 0.2) is 60.8 Å². The molecule has 2 aromatic carbocycles. The Balaban J connectivity index is 1.64. The van der Waals surface area contributed by atoms with Gasteiger partial charge in [0, 0.05) is 12.3 Å². The molecule has 1 N–H and O–H groups in total. The van der Waals surface area contributed by atoms with Crippen LogP contribution in [0.25, 0.3) is 22.6 Å². The van der Waals surface area contributed by atoms with Crippen LogP contribution in [0.5, 0.6) is 11.5 Å². The maximum absolute atomic E-state index is 12.0. The van der Waals surface area contributed by atoms with Gasteiger partial charge < -0.3 is 19.2 Å². The smallest absolute Gasteiger partial charge is 0.339 e. The lowest BCUT2D eigenvalue weighted by molar-refractivity contribution is 0.0526. The lowest BCUT2D eigenvalue weighted by atomic mass is 10.1. The number of carbonyl (C=O) groups is 1. The van der Waals surface area contributed by atoms with Crippen molar-refractivity contribution in [3.05, 3.63) is 71.9 Å². The van der Waals surface area contributed by atoms with Gasteiger partial charge in [-0.05, 0) is 44.5 Å². The fourth-order valence-corrected chi connectivity index (χ4v) is 3.23. The Hall–Kier alpha value is -3.87. The van der Waals surface area contributed by atoms with Gasteiger partial charge in [0.15, 0.2) is 5.65 Å². The molecule has 7 heteroatoms. The van der Waals surface area contributed by atoms with E-state index in [9.17, 15) is 4.79 Å². The number of pyridine rings is 1. The average molecular weight is 431 g/mol. The van der Waals surface area contributed by atoms with E-state index in [1.165, 1.54) is 6.20 Å². The number of ether oxygens (including phenoxy) is 3. The van der Waals surface area contributed by atoms with Crippen molar-refractivity contribution in [2.75, 3.05) is 6.61 Å². The second kappa shape index (κ2) is 9.51. The Morgan fingerprint density at radius 1 is 1.09 bits per heavy atom. The molecule has 0 fully saturated rings. The number of H-pyrrole nitrogens is 1. The summed E-state index contributed by atoms with van der Waals surface area (Å²) >= 11 is 0. The Labute approximate surface area is 186 Å². The molecule has 0 saturated heterocycles. The Morgan fingerprint density at radius 3 is 2.66 bits per heavy atom. The predicted molar refractivity (Wildman–Crippen MR) is 122 cm³/mol. The molecule has 4 rings (SSSR count). The molecule has 0 atom stereocenters. The van der Waals surface area contributed by atoms with E-state index in [1.807, 2.05) is 62.4 Å². The molecule has 0 saturated carbocycles. The highest BCUT2D eigenvalue weighted by Gasteiger charge is 2.16. The minimum absolute atomic E-state index is 0.0314. The van der Waals surface area contributed by atoms with E-state index < -0.39 is 5.97 Å². The Bertz CT molecular complexity index is 1220. The summed E-state index contributed by atoms with van der Waals surface area (Å²) in [5, 5.41) is 0. The largest absolute Gasteiger partial charge is 0.490 e. The van der Waals surface area contributed by atoms with E-state index in [-0.39, 0.29) is 6.10 Å². The van der Waals surface area contributed by atoms with Crippen molar-refractivity contribution in [2.24, 2.45) is 0 Å². The molecule has 0 amide bonds. The summed E-state index contributed by atoms with van der Waals surface area (Å²) in [6, 6.07) is 17.3. The number of nitrogens with zero attached hydrogens (tertiary/aromatic N) is 2. The maximum Gasteiger partial charge on any atom is 0.339 e. The number of aromatic amines is 1. The molecule has 0 spiro atoms. The number of aromatic nitrogens is 3. The summed E-state index contributed by atoms with van der Waals surface area (Å²) in [5.41, 5.74) is 3.38. The quantitative estimate of drug-likeness (QED) is 0.388. The number of hydrogen-bond donors (Lipinski definition) is 1. The van der Waals surface area contributed by atoms with Gasteiger partial charge in [-0.3, -0.25) is 0 Å². The second-order valence-corrected chi connectivity index (χ2v) is 7.50. The zero-order valence-corrected chi connectivity index (χ0v) is 18.3. The Kier molecular flexibility index (Phi) is 6.35. The monoisotopic (exact) mass is 431 g/mol. The van der Waals surface area contributed by atoms with Crippen molar-refractivity contribution in [1.82, 2.24) is 15.0 Å². The van der Waals surface area contributed by atoms with E-state index in [2.05, 4.69) is 15.0 Å². The fraction of sp³-hybridized carbons (Fsp3) is 0.240. The Morgan fingerprint density at radius 2 is 1.91 bits per heavy atom. The SMILES string of the molecule is CCOC(=O)c1cnc2[nH]c(-c3ccc(OCc4ccccc4)cc3OC(C)C)nc2c1. The highest BCUT2D eigenvalue weighted by Crippen LogP contribution is 2.34.